The maximum atomic E-state index is 3.62. The second-order valence-electron chi connectivity index (χ2n) is 4.50. The van der Waals surface area contributed by atoms with Crippen LogP contribution in [0.4, 0.5) is 0 Å². The van der Waals surface area contributed by atoms with Crippen LogP contribution in [0.25, 0.3) is 10.9 Å². The normalized spacial score (nSPS) is 17.7. The zero-order valence-electron chi connectivity index (χ0n) is 9.67. The van der Waals surface area contributed by atoms with Crippen molar-refractivity contribution in [2.45, 2.75) is 6.54 Å². The Labute approximate surface area is 109 Å². The molecule has 1 aromatic heterocycles. The molecule has 4 heteroatoms. The predicted octanol–water partition coefficient (Wildman–Crippen LogP) is 2.34. The van der Waals surface area contributed by atoms with Crippen molar-refractivity contribution in [3.8, 4) is 0 Å². The number of aromatic nitrogens is 1. The van der Waals surface area contributed by atoms with Gasteiger partial charge in [-0.15, -0.1) is 0 Å². The van der Waals surface area contributed by atoms with E-state index in [1.54, 1.807) is 0 Å². The quantitative estimate of drug-likeness (QED) is 0.890. The van der Waals surface area contributed by atoms with Crippen LogP contribution in [0.3, 0.4) is 0 Å². The number of aromatic amines is 1. The van der Waals surface area contributed by atoms with E-state index in [1.165, 1.54) is 20.9 Å². The van der Waals surface area contributed by atoms with Gasteiger partial charge in [-0.1, -0.05) is 12.1 Å². The predicted molar refractivity (Wildman–Crippen MR) is 74.1 cm³/mol. The average molecular weight is 294 g/mol. The van der Waals surface area contributed by atoms with E-state index in [2.05, 4.69) is 49.3 Å². The van der Waals surface area contributed by atoms with Crippen LogP contribution in [-0.2, 0) is 6.54 Å². The third kappa shape index (κ3) is 2.25. The van der Waals surface area contributed by atoms with E-state index in [-0.39, 0.29) is 0 Å². The zero-order chi connectivity index (χ0) is 11.7. The Bertz CT molecular complexity index is 514. The smallest absolute Gasteiger partial charge is 0.0468 e. The molecule has 1 fully saturated rings. The molecule has 0 bridgehead atoms. The Morgan fingerprint density at radius 2 is 2.06 bits per heavy atom. The second-order valence-corrected chi connectivity index (χ2v) is 5.36. The van der Waals surface area contributed by atoms with Crippen LogP contribution in [-0.4, -0.2) is 36.1 Å². The number of nitrogens with zero attached hydrogens (tertiary/aromatic N) is 1. The highest BCUT2D eigenvalue weighted by Gasteiger charge is 2.13. The molecule has 3 nitrogen and oxygen atoms in total. The lowest BCUT2D eigenvalue weighted by atomic mass is 10.1. The van der Waals surface area contributed by atoms with Gasteiger partial charge in [0.15, 0.2) is 0 Å². The first-order valence-electron chi connectivity index (χ1n) is 6.02. The number of hydrogen-bond donors (Lipinski definition) is 2. The number of H-pyrrole nitrogens is 1. The van der Waals surface area contributed by atoms with Crippen LogP contribution >= 0.6 is 15.9 Å². The maximum absolute atomic E-state index is 3.62. The van der Waals surface area contributed by atoms with Crippen molar-refractivity contribution in [3.05, 3.63) is 34.4 Å². The van der Waals surface area contributed by atoms with E-state index >= 15 is 0 Å². The Hall–Kier alpha value is -0.840. The minimum Gasteiger partial charge on any atom is -0.360 e. The molecule has 2 aromatic rings. The minimum absolute atomic E-state index is 1.04. The summed E-state index contributed by atoms with van der Waals surface area (Å²) in [6.45, 7) is 5.51. The van der Waals surface area contributed by atoms with Crippen molar-refractivity contribution >= 4 is 26.8 Å². The Kier molecular flexibility index (Phi) is 3.18. The Morgan fingerprint density at radius 3 is 2.88 bits per heavy atom. The fourth-order valence-electron chi connectivity index (χ4n) is 2.46. The van der Waals surface area contributed by atoms with Crippen LogP contribution < -0.4 is 5.32 Å². The van der Waals surface area contributed by atoms with Crippen LogP contribution in [0.1, 0.15) is 5.56 Å². The summed E-state index contributed by atoms with van der Waals surface area (Å²) in [5, 5.41) is 4.71. The molecule has 0 radical (unpaired) electrons. The Morgan fingerprint density at radius 1 is 1.24 bits per heavy atom. The summed E-state index contributed by atoms with van der Waals surface area (Å²) >= 11 is 3.62. The lowest BCUT2D eigenvalue weighted by Gasteiger charge is -2.27. The van der Waals surface area contributed by atoms with Crippen molar-refractivity contribution < 1.29 is 0 Å². The highest BCUT2D eigenvalue weighted by Crippen LogP contribution is 2.27. The fourth-order valence-corrected chi connectivity index (χ4v) is 3.04. The molecule has 17 heavy (non-hydrogen) atoms. The van der Waals surface area contributed by atoms with Gasteiger partial charge in [-0.2, -0.15) is 0 Å². The van der Waals surface area contributed by atoms with Crippen LogP contribution in [0.2, 0.25) is 0 Å². The number of hydrogen-bond acceptors (Lipinski definition) is 2. The van der Waals surface area contributed by atoms with Crippen LogP contribution in [0, 0.1) is 0 Å². The first kappa shape index (κ1) is 11.3. The largest absolute Gasteiger partial charge is 0.360 e. The molecular formula is C13H16BrN3. The zero-order valence-corrected chi connectivity index (χ0v) is 11.3. The highest BCUT2D eigenvalue weighted by molar-refractivity contribution is 9.10. The van der Waals surface area contributed by atoms with Gasteiger partial charge in [0.05, 0.1) is 0 Å². The van der Waals surface area contributed by atoms with Crippen molar-refractivity contribution in [1.82, 2.24) is 15.2 Å². The second kappa shape index (κ2) is 4.80. The van der Waals surface area contributed by atoms with Gasteiger partial charge < -0.3 is 10.3 Å². The molecule has 3 rings (SSSR count). The van der Waals surface area contributed by atoms with Gasteiger partial charge in [0.2, 0.25) is 0 Å². The highest BCUT2D eigenvalue weighted by atomic mass is 79.9. The van der Waals surface area contributed by atoms with Crippen molar-refractivity contribution in [2.24, 2.45) is 0 Å². The maximum Gasteiger partial charge on any atom is 0.0468 e. The van der Waals surface area contributed by atoms with E-state index in [0.717, 1.165) is 32.7 Å². The van der Waals surface area contributed by atoms with E-state index in [9.17, 15) is 0 Å². The SMILES string of the molecule is Brc1c[nH]c2cccc(CN3CCNCC3)c12. The molecule has 0 aliphatic carbocycles. The summed E-state index contributed by atoms with van der Waals surface area (Å²) in [5.74, 6) is 0. The third-order valence-corrected chi connectivity index (χ3v) is 3.97. The molecule has 1 aliphatic rings. The first-order valence-corrected chi connectivity index (χ1v) is 6.81. The average Bonchev–Trinajstić information content (AvgIpc) is 2.74. The van der Waals surface area contributed by atoms with E-state index < -0.39 is 0 Å². The van der Waals surface area contributed by atoms with E-state index in [4.69, 9.17) is 0 Å². The molecular weight excluding hydrogens is 278 g/mol. The van der Waals surface area contributed by atoms with Gasteiger partial charge >= 0.3 is 0 Å². The molecule has 0 amide bonds. The number of fused-ring (bicyclic) bond motifs is 1. The summed E-state index contributed by atoms with van der Waals surface area (Å²) in [5.41, 5.74) is 2.61. The van der Waals surface area contributed by atoms with Gasteiger partial charge in [0.1, 0.15) is 0 Å². The molecule has 0 atom stereocenters. The van der Waals surface area contributed by atoms with Crippen LogP contribution in [0.5, 0.6) is 0 Å². The summed E-state index contributed by atoms with van der Waals surface area (Å²) in [7, 11) is 0. The van der Waals surface area contributed by atoms with Crippen molar-refractivity contribution in [3.63, 3.8) is 0 Å². The number of rotatable bonds is 2. The number of piperazine rings is 1. The molecule has 1 aromatic carbocycles. The first-order chi connectivity index (χ1) is 8.34. The van der Waals surface area contributed by atoms with Crippen LogP contribution in [0.15, 0.2) is 28.9 Å². The van der Waals surface area contributed by atoms with Crippen molar-refractivity contribution in [1.29, 1.82) is 0 Å². The molecule has 1 aliphatic heterocycles. The van der Waals surface area contributed by atoms with Gasteiger partial charge in [-0.3, -0.25) is 4.90 Å². The lowest BCUT2D eigenvalue weighted by Crippen LogP contribution is -2.42. The molecule has 0 saturated carbocycles. The number of nitrogens with one attached hydrogen (secondary N) is 2. The molecule has 1 saturated heterocycles. The van der Waals surface area contributed by atoms with Gasteiger partial charge in [-0.05, 0) is 27.6 Å². The van der Waals surface area contributed by atoms with E-state index in [0.29, 0.717) is 0 Å². The number of halogens is 1. The minimum atomic E-state index is 1.04. The van der Waals surface area contributed by atoms with Gasteiger partial charge in [0, 0.05) is 54.3 Å². The monoisotopic (exact) mass is 293 g/mol. The third-order valence-electron chi connectivity index (χ3n) is 3.35. The molecule has 2 N–H and O–H groups in total. The Balaban J connectivity index is 1.91. The fraction of sp³-hybridized carbons (Fsp3) is 0.385. The molecule has 90 valence electrons. The molecule has 0 unspecified atom stereocenters. The number of benzene rings is 1. The topological polar surface area (TPSA) is 31.1 Å². The molecule has 0 spiro atoms. The van der Waals surface area contributed by atoms with Crippen molar-refractivity contribution in [2.75, 3.05) is 26.2 Å². The molecule has 2 heterocycles. The summed E-state index contributed by atoms with van der Waals surface area (Å²) in [6, 6.07) is 6.48. The summed E-state index contributed by atoms with van der Waals surface area (Å²) < 4.78 is 1.17. The van der Waals surface area contributed by atoms with Gasteiger partial charge in [-0.25, -0.2) is 0 Å². The van der Waals surface area contributed by atoms with Gasteiger partial charge in [0.25, 0.3) is 0 Å². The standard InChI is InChI=1S/C13H16BrN3/c14-11-8-16-12-3-1-2-10(13(11)12)9-17-6-4-15-5-7-17/h1-3,8,15-16H,4-7,9H2. The lowest BCUT2D eigenvalue weighted by molar-refractivity contribution is 0.234. The van der Waals surface area contributed by atoms with E-state index in [1.807, 2.05) is 6.20 Å². The summed E-state index contributed by atoms with van der Waals surface area (Å²) in [4.78, 5) is 5.79. The summed E-state index contributed by atoms with van der Waals surface area (Å²) in [6.07, 6.45) is 2.02.